The van der Waals surface area contributed by atoms with Crippen molar-refractivity contribution < 1.29 is 13.2 Å². The second-order valence-corrected chi connectivity index (χ2v) is 6.00. The summed E-state index contributed by atoms with van der Waals surface area (Å²) in [4.78, 5) is 3.80. The van der Waals surface area contributed by atoms with Gasteiger partial charge in [0.15, 0.2) is 0 Å². The molecule has 0 saturated heterocycles. The largest absolute Gasteiger partial charge is 0.417 e. The van der Waals surface area contributed by atoms with Crippen molar-refractivity contribution in [3.63, 3.8) is 0 Å². The Morgan fingerprint density at radius 1 is 1.33 bits per heavy atom. The minimum atomic E-state index is -4.34. The van der Waals surface area contributed by atoms with Gasteiger partial charge in [0.1, 0.15) is 5.54 Å². The third-order valence-electron chi connectivity index (χ3n) is 3.18. The fourth-order valence-corrected chi connectivity index (χ4v) is 2.48. The van der Waals surface area contributed by atoms with Gasteiger partial charge in [0, 0.05) is 6.20 Å². The van der Waals surface area contributed by atoms with Crippen LogP contribution >= 0.6 is 11.8 Å². The van der Waals surface area contributed by atoms with E-state index >= 15 is 0 Å². The van der Waals surface area contributed by atoms with Gasteiger partial charge in [0.25, 0.3) is 0 Å². The Morgan fingerprint density at radius 2 is 2.05 bits per heavy atom. The number of nitriles is 1. The van der Waals surface area contributed by atoms with Crippen molar-refractivity contribution >= 4 is 11.8 Å². The molecule has 0 spiro atoms. The maximum Gasteiger partial charge on any atom is 0.417 e. The molecule has 0 amide bonds. The number of nitrogens with zero attached hydrogens (tertiary/aromatic N) is 2. The van der Waals surface area contributed by atoms with Crippen LogP contribution in [0.25, 0.3) is 0 Å². The highest BCUT2D eigenvalue weighted by molar-refractivity contribution is 7.99. The van der Waals surface area contributed by atoms with Crippen molar-refractivity contribution in [2.45, 2.75) is 42.9 Å². The molecule has 1 aromatic rings. The monoisotopic (exact) mass is 317 g/mol. The lowest BCUT2D eigenvalue weighted by Crippen LogP contribution is -2.37. The second kappa shape index (κ2) is 7.66. The van der Waals surface area contributed by atoms with Crippen LogP contribution < -0.4 is 5.32 Å². The number of thioether (sulfide) groups is 1. The summed E-state index contributed by atoms with van der Waals surface area (Å²) in [6.45, 7) is 1.84. The molecule has 0 fully saturated rings. The molecule has 0 aliphatic carbocycles. The Hall–Kier alpha value is -1.26. The number of rotatable bonds is 7. The zero-order valence-corrected chi connectivity index (χ0v) is 12.8. The van der Waals surface area contributed by atoms with Gasteiger partial charge >= 0.3 is 6.18 Å². The third kappa shape index (κ3) is 5.94. The molecule has 1 unspecified atom stereocenters. The second-order valence-electron chi connectivity index (χ2n) is 4.88. The van der Waals surface area contributed by atoms with Crippen LogP contribution in [-0.4, -0.2) is 23.3 Å². The van der Waals surface area contributed by atoms with Crippen molar-refractivity contribution in [2.75, 3.05) is 12.8 Å². The molecule has 7 heteroatoms. The van der Waals surface area contributed by atoms with E-state index in [9.17, 15) is 13.2 Å². The van der Waals surface area contributed by atoms with E-state index in [0.717, 1.165) is 37.3 Å². The van der Waals surface area contributed by atoms with E-state index in [0.29, 0.717) is 5.03 Å². The lowest BCUT2D eigenvalue weighted by atomic mass is 9.97. The van der Waals surface area contributed by atoms with Crippen LogP contribution in [0.15, 0.2) is 23.4 Å². The molecular formula is C14H18F3N3S. The van der Waals surface area contributed by atoms with Crippen LogP contribution in [0.3, 0.4) is 0 Å². The molecule has 0 radical (unpaired) electrons. The number of nitrogens with one attached hydrogen (secondary N) is 1. The summed E-state index contributed by atoms with van der Waals surface area (Å²) in [5.74, 6) is 0.767. The smallest absolute Gasteiger partial charge is 0.303 e. The molecule has 0 aliphatic rings. The average Bonchev–Trinajstić information content (AvgIpc) is 2.46. The lowest BCUT2D eigenvalue weighted by Gasteiger charge is -2.20. The molecule has 0 bridgehead atoms. The maximum absolute atomic E-state index is 12.4. The topological polar surface area (TPSA) is 48.7 Å². The van der Waals surface area contributed by atoms with Gasteiger partial charge in [0.05, 0.1) is 16.7 Å². The Kier molecular flexibility index (Phi) is 6.49. The summed E-state index contributed by atoms with van der Waals surface area (Å²) in [5.41, 5.74) is -1.25. The molecule has 0 aromatic carbocycles. The first-order chi connectivity index (χ1) is 9.80. The van der Waals surface area contributed by atoms with Crippen LogP contribution in [0.2, 0.25) is 0 Å². The summed E-state index contributed by atoms with van der Waals surface area (Å²) in [6.07, 6.45) is -0.993. The molecule has 21 heavy (non-hydrogen) atoms. The third-order valence-corrected chi connectivity index (χ3v) is 4.21. The highest BCUT2D eigenvalue weighted by Crippen LogP contribution is 2.29. The standard InChI is InChI=1S/C14H18F3N3S/c1-13(10-18,19-2)7-3-4-8-21-12-6-5-11(9-20-12)14(15,16)17/h5-6,9,19H,3-4,7-8H2,1-2H3. The Balaban J connectivity index is 2.32. The van der Waals surface area contributed by atoms with Gasteiger partial charge in [-0.2, -0.15) is 18.4 Å². The first-order valence-corrected chi connectivity index (χ1v) is 7.55. The van der Waals surface area contributed by atoms with Gasteiger partial charge in [-0.3, -0.25) is 0 Å². The van der Waals surface area contributed by atoms with Crippen molar-refractivity contribution in [3.05, 3.63) is 23.9 Å². The number of halogens is 3. The highest BCUT2D eigenvalue weighted by Gasteiger charge is 2.30. The van der Waals surface area contributed by atoms with Crippen LogP contribution in [0, 0.1) is 11.3 Å². The summed E-state index contributed by atoms with van der Waals surface area (Å²) >= 11 is 1.42. The molecule has 0 saturated carbocycles. The number of pyridine rings is 1. The number of aromatic nitrogens is 1. The van der Waals surface area contributed by atoms with E-state index in [4.69, 9.17) is 5.26 Å². The predicted octanol–water partition coefficient (Wildman–Crippen LogP) is 3.86. The van der Waals surface area contributed by atoms with E-state index in [1.54, 1.807) is 7.05 Å². The van der Waals surface area contributed by atoms with Gasteiger partial charge in [-0.15, -0.1) is 11.8 Å². The molecule has 0 aliphatic heterocycles. The van der Waals surface area contributed by atoms with Crippen molar-refractivity contribution in [2.24, 2.45) is 0 Å². The zero-order chi connectivity index (χ0) is 15.9. The minimum absolute atomic E-state index is 0.517. The fourth-order valence-electron chi connectivity index (χ4n) is 1.63. The number of hydrogen-bond donors (Lipinski definition) is 1. The van der Waals surface area contributed by atoms with E-state index in [-0.39, 0.29) is 0 Å². The van der Waals surface area contributed by atoms with Crippen molar-refractivity contribution in [3.8, 4) is 6.07 Å². The van der Waals surface area contributed by atoms with Gasteiger partial charge in [0.2, 0.25) is 0 Å². The number of alkyl halides is 3. The zero-order valence-electron chi connectivity index (χ0n) is 12.0. The summed E-state index contributed by atoms with van der Waals surface area (Å²) in [5, 5.41) is 12.5. The van der Waals surface area contributed by atoms with Crippen LogP contribution in [0.1, 0.15) is 31.7 Å². The van der Waals surface area contributed by atoms with Gasteiger partial charge < -0.3 is 5.32 Å². The normalized spacial score (nSPS) is 14.5. The van der Waals surface area contributed by atoms with Gasteiger partial charge in [-0.05, 0) is 51.1 Å². The van der Waals surface area contributed by atoms with Crippen molar-refractivity contribution in [1.82, 2.24) is 10.3 Å². The van der Waals surface area contributed by atoms with Crippen LogP contribution in [0.4, 0.5) is 13.2 Å². The first kappa shape index (κ1) is 17.8. The van der Waals surface area contributed by atoms with E-state index in [1.165, 1.54) is 17.8 Å². The first-order valence-electron chi connectivity index (χ1n) is 6.57. The molecule has 1 aromatic heterocycles. The summed E-state index contributed by atoms with van der Waals surface area (Å²) < 4.78 is 37.1. The van der Waals surface area contributed by atoms with Gasteiger partial charge in [-0.25, -0.2) is 4.98 Å². The Bertz CT molecular complexity index is 482. The van der Waals surface area contributed by atoms with Crippen LogP contribution in [0.5, 0.6) is 0 Å². The number of hydrogen-bond acceptors (Lipinski definition) is 4. The maximum atomic E-state index is 12.4. The van der Waals surface area contributed by atoms with E-state index in [2.05, 4.69) is 16.4 Å². The Labute approximate surface area is 126 Å². The average molecular weight is 317 g/mol. The highest BCUT2D eigenvalue weighted by atomic mass is 32.2. The molecule has 1 N–H and O–H groups in total. The predicted molar refractivity (Wildman–Crippen MR) is 76.9 cm³/mol. The molecule has 3 nitrogen and oxygen atoms in total. The Morgan fingerprint density at radius 3 is 2.52 bits per heavy atom. The minimum Gasteiger partial charge on any atom is -0.303 e. The summed E-state index contributed by atoms with van der Waals surface area (Å²) in [7, 11) is 1.75. The van der Waals surface area contributed by atoms with E-state index in [1.807, 2.05) is 6.92 Å². The summed E-state index contributed by atoms with van der Waals surface area (Å²) in [6, 6.07) is 4.65. The van der Waals surface area contributed by atoms with Crippen molar-refractivity contribution in [1.29, 1.82) is 5.26 Å². The molecule has 1 rings (SSSR count). The molecule has 116 valence electrons. The SMILES string of the molecule is CNC(C)(C#N)CCCCSc1ccc(C(F)(F)F)cn1. The lowest BCUT2D eigenvalue weighted by molar-refractivity contribution is -0.137. The van der Waals surface area contributed by atoms with Gasteiger partial charge in [-0.1, -0.05) is 0 Å². The number of unbranched alkanes of at least 4 members (excludes halogenated alkanes) is 1. The van der Waals surface area contributed by atoms with Crippen LogP contribution in [-0.2, 0) is 6.18 Å². The molecule has 1 heterocycles. The molecular weight excluding hydrogens is 299 g/mol. The fraction of sp³-hybridized carbons (Fsp3) is 0.571. The molecule has 1 atom stereocenters. The quantitative estimate of drug-likeness (QED) is 0.613. The van der Waals surface area contributed by atoms with E-state index < -0.39 is 17.3 Å².